The molecule has 0 aliphatic carbocycles. The Bertz CT molecular complexity index is 339. The highest BCUT2D eigenvalue weighted by molar-refractivity contribution is 6.32. The molecule has 0 saturated carbocycles. The van der Waals surface area contributed by atoms with Crippen molar-refractivity contribution in [3.05, 3.63) is 34.3 Å². The van der Waals surface area contributed by atoms with Crippen LogP contribution in [0.5, 0.6) is 0 Å². The molecule has 90 valence electrons. The van der Waals surface area contributed by atoms with Gasteiger partial charge in [0.2, 0.25) is 0 Å². The fourth-order valence-electron chi connectivity index (χ4n) is 1.56. The molecule has 1 unspecified atom stereocenters. The van der Waals surface area contributed by atoms with Crippen LogP contribution in [0.4, 0.5) is 0 Å². The van der Waals surface area contributed by atoms with Gasteiger partial charge in [0.05, 0.1) is 18.8 Å². The van der Waals surface area contributed by atoms with Gasteiger partial charge in [-0.1, -0.05) is 29.8 Å². The molecule has 0 aromatic heterocycles. The van der Waals surface area contributed by atoms with Gasteiger partial charge in [-0.25, -0.2) is 0 Å². The van der Waals surface area contributed by atoms with E-state index in [4.69, 9.17) is 16.3 Å². The zero-order valence-corrected chi connectivity index (χ0v) is 11.1. The highest BCUT2D eigenvalue weighted by Gasteiger charge is 2.14. The van der Waals surface area contributed by atoms with E-state index < -0.39 is 0 Å². The Morgan fingerprint density at radius 1 is 1.38 bits per heavy atom. The lowest BCUT2D eigenvalue weighted by molar-refractivity contribution is 0.0626. The molecule has 3 heteroatoms. The number of ether oxygens (including phenoxy) is 1. The highest BCUT2D eigenvalue weighted by Crippen LogP contribution is 2.26. The summed E-state index contributed by atoms with van der Waals surface area (Å²) in [6, 6.07) is 6.23. The molecule has 0 bridgehead atoms. The highest BCUT2D eigenvalue weighted by atomic mass is 35.5. The molecule has 1 aromatic rings. The van der Waals surface area contributed by atoms with Crippen molar-refractivity contribution in [1.82, 2.24) is 5.32 Å². The molecule has 0 radical (unpaired) electrons. The van der Waals surface area contributed by atoms with E-state index >= 15 is 0 Å². The Balaban J connectivity index is 2.82. The van der Waals surface area contributed by atoms with E-state index in [0.29, 0.717) is 6.61 Å². The summed E-state index contributed by atoms with van der Waals surface area (Å²) in [5, 5.41) is 4.06. The van der Waals surface area contributed by atoms with Gasteiger partial charge in [0.15, 0.2) is 0 Å². The predicted octanol–water partition coefficient (Wildman–Crippen LogP) is 3.33. The van der Waals surface area contributed by atoms with Crippen molar-refractivity contribution in [2.45, 2.75) is 32.9 Å². The van der Waals surface area contributed by atoms with Gasteiger partial charge in [0.1, 0.15) is 0 Å². The van der Waals surface area contributed by atoms with Gasteiger partial charge in [0.25, 0.3) is 0 Å². The van der Waals surface area contributed by atoms with Crippen LogP contribution in [0, 0.1) is 6.92 Å². The topological polar surface area (TPSA) is 21.3 Å². The normalized spacial score (nSPS) is 13.1. The van der Waals surface area contributed by atoms with Crippen molar-refractivity contribution in [3.8, 4) is 0 Å². The maximum Gasteiger partial charge on any atom is 0.0665 e. The molecule has 1 rings (SSSR count). The van der Waals surface area contributed by atoms with Crippen LogP contribution in [-0.2, 0) is 4.74 Å². The van der Waals surface area contributed by atoms with Gasteiger partial charge < -0.3 is 10.1 Å². The molecule has 2 nitrogen and oxygen atoms in total. The van der Waals surface area contributed by atoms with Gasteiger partial charge in [-0.05, 0) is 38.9 Å². The van der Waals surface area contributed by atoms with Gasteiger partial charge in [-0.15, -0.1) is 0 Å². The first-order chi connectivity index (χ1) is 7.56. The zero-order chi connectivity index (χ0) is 12.1. The number of rotatable bonds is 5. The van der Waals surface area contributed by atoms with E-state index in [9.17, 15) is 0 Å². The minimum atomic E-state index is 0.148. The fourth-order valence-corrected chi connectivity index (χ4v) is 1.81. The number of benzene rings is 1. The molecule has 0 aliphatic rings. The van der Waals surface area contributed by atoms with E-state index in [2.05, 4.69) is 5.32 Å². The molecular weight excluding hydrogens is 222 g/mol. The maximum atomic E-state index is 6.29. The average Bonchev–Trinajstić information content (AvgIpc) is 2.24. The van der Waals surface area contributed by atoms with E-state index in [1.54, 1.807) is 0 Å². The lowest BCUT2D eigenvalue weighted by atomic mass is 10.0. The maximum absolute atomic E-state index is 6.29. The molecule has 0 aliphatic heterocycles. The summed E-state index contributed by atoms with van der Waals surface area (Å²) < 4.78 is 5.62. The number of nitrogens with one attached hydrogen (secondary N) is 1. The number of hydrogen-bond acceptors (Lipinski definition) is 2. The van der Waals surface area contributed by atoms with Crippen LogP contribution in [0.3, 0.4) is 0 Å². The number of likely N-dealkylation sites (N-methyl/N-ethyl adjacent to an activating group) is 1. The summed E-state index contributed by atoms with van der Waals surface area (Å²) in [5.74, 6) is 0. The van der Waals surface area contributed by atoms with Gasteiger partial charge in [-0.3, -0.25) is 0 Å². The number of aryl methyl sites for hydroxylation is 1. The Labute approximate surface area is 103 Å². The molecule has 1 N–H and O–H groups in total. The molecule has 0 amide bonds. The van der Waals surface area contributed by atoms with Crippen LogP contribution in [0.25, 0.3) is 0 Å². The van der Waals surface area contributed by atoms with Crippen LogP contribution in [-0.4, -0.2) is 19.8 Å². The Morgan fingerprint density at radius 3 is 2.62 bits per heavy atom. The minimum Gasteiger partial charge on any atom is -0.377 e. The third-order valence-corrected chi connectivity index (χ3v) is 3.06. The monoisotopic (exact) mass is 241 g/mol. The van der Waals surface area contributed by atoms with Crippen LogP contribution in [0.15, 0.2) is 18.2 Å². The zero-order valence-electron chi connectivity index (χ0n) is 10.4. The lowest BCUT2D eigenvalue weighted by Gasteiger charge is -2.20. The molecule has 0 fully saturated rings. The summed E-state index contributed by atoms with van der Waals surface area (Å²) >= 11 is 6.29. The van der Waals surface area contributed by atoms with E-state index in [-0.39, 0.29) is 12.1 Å². The van der Waals surface area contributed by atoms with Crippen LogP contribution in [0.2, 0.25) is 5.02 Å². The van der Waals surface area contributed by atoms with Crippen LogP contribution >= 0.6 is 11.6 Å². The lowest BCUT2D eigenvalue weighted by Crippen LogP contribution is -2.24. The van der Waals surface area contributed by atoms with Crippen molar-refractivity contribution < 1.29 is 4.74 Å². The second-order valence-corrected chi connectivity index (χ2v) is 4.58. The van der Waals surface area contributed by atoms with Crippen molar-refractivity contribution in [2.24, 2.45) is 0 Å². The fraction of sp³-hybridized carbons (Fsp3) is 0.538. The van der Waals surface area contributed by atoms with Gasteiger partial charge in [-0.2, -0.15) is 0 Å². The summed E-state index contributed by atoms with van der Waals surface area (Å²) in [7, 11) is 1.92. The quantitative estimate of drug-likeness (QED) is 0.854. The Kier molecular flexibility index (Phi) is 5.26. The third kappa shape index (κ3) is 3.48. The summed E-state index contributed by atoms with van der Waals surface area (Å²) in [5.41, 5.74) is 2.20. The van der Waals surface area contributed by atoms with E-state index in [1.165, 1.54) is 0 Å². The van der Waals surface area contributed by atoms with Gasteiger partial charge in [0, 0.05) is 5.02 Å². The molecule has 16 heavy (non-hydrogen) atoms. The van der Waals surface area contributed by atoms with Crippen molar-refractivity contribution >= 4 is 11.6 Å². The molecular formula is C13H20ClNO. The first kappa shape index (κ1) is 13.5. The second-order valence-electron chi connectivity index (χ2n) is 4.20. The average molecular weight is 242 g/mol. The van der Waals surface area contributed by atoms with Crippen LogP contribution < -0.4 is 5.32 Å². The molecule has 0 spiro atoms. The largest absolute Gasteiger partial charge is 0.377 e. The summed E-state index contributed by atoms with van der Waals surface area (Å²) in [4.78, 5) is 0. The molecule has 0 heterocycles. The standard InChI is InChI=1S/C13H20ClNO/c1-9(2)16-8-12(15-4)11-7-5-6-10(3)13(11)14/h5-7,9,12,15H,8H2,1-4H3. The van der Waals surface area contributed by atoms with Crippen molar-refractivity contribution in [1.29, 1.82) is 0 Å². The van der Waals surface area contributed by atoms with Gasteiger partial charge >= 0.3 is 0 Å². The Hall–Kier alpha value is -0.570. The van der Waals surface area contributed by atoms with E-state index in [1.807, 2.05) is 46.0 Å². The first-order valence-corrected chi connectivity index (χ1v) is 5.98. The van der Waals surface area contributed by atoms with Crippen molar-refractivity contribution in [2.75, 3.05) is 13.7 Å². The summed E-state index contributed by atoms with van der Waals surface area (Å²) in [6.07, 6.45) is 0.236. The predicted molar refractivity (Wildman–Crippen MR) is 69.1 cm³/mol. The Morgan fingerprint density at radius 2 is 2.06 bits per heavy atom. The third-order valence-electron chi connectivity index (χ3n) is 2.54. The molecule has 1 atom stereocenters. The molecule has 0 saturated heterocycles. The second kappa shape index (κ2) is 6.24. The SMILES string of the molecule is CNC(COC(C)C)c1cccc(C)c1Cl. The molecule has 1 aromatic carbocycles. The van der Waals surface area contributed by atoms with Crippen molar-refractivity contribution in [3.63, 3.8) is 0 Å². The minimum absolute atomic E-state index is 0.148. The van der Waals surface area contributed by atoms with E-state index in [0.717, 1.165) is 16.1 Å². The summed E-state index contributed by atoms with van der Waals surface area (Å²) in [6.45, 7) is 6.72. The number of halogens is 1. The number of hydrogen-bond donors (Lipinski definition) is 1. The smallest absolute Gasteiger partial charge is 0.0665 e. The van der Waals surface area contributed by atoms with Crippen LogP contribution in [0.1, 0.15) is 31.0 Å². The first-order valence-electron chi connectivity index (χ1n) is 5.60.